The summed E-state index contributed by atoms with van der Waals surface area (Å²) in [6.45, 7) is 3.32. The van der Waals surface area contributed by atoms with Gasteiger partial charge in [0.2, 0.25) is 5.91 Å². The third-order valence-electron chi connectivity index (χ3n) is 1.56. The van der Waals surface area contributed by atoms with E-state index >= 15 is 0 Å². The van der Waals surface area contributed by atoms with Gasteiger partial charge in [-0.1, -0.05) is 0 Å². The summed E-state index contributed by atoms with van der Waals surface area (Å²) in [5, 5.41) is 2.73. The molecule has 1 N–H and O–H groups in total. The van der Waals surface area contributed by atoms with Crippen LogP contribution in [0.1, 0.15) is 19.8 Å². The lowest BCUT2D eigenvalue weighted by Gasteiger charge is -2.12. The van der Waals surface area contributed by atoms with Crippen LogP contribution in [0.15, 0.2) is 11.8 Å². The van der Waals surface area contributed by atoms with Gasteiger partial charge in [-0.2, -0.15) is 0 Å². The molecule has 0 saturated carbocycles. The Labute approximate surface area is 66.4 Å². The Morgan fingerprint density at radius 1 is 1.82 bits per heavy atom. The van der Waals surface area contributed by atoms with E-state index in [0.717, 1.165) is 25.0 Å². The largest absolute Gasteiger partial charge is 0.501 e. The van der Waals surface area contributed by atoms with Gasteiger partial charge in [0.1, 0.15) is 0 Å². The second-order valence-electron chi connectivity index (χ2n) is 2.48. The van der Waals surface area contributed by atoms with Crippen LogP contribution in [-0.4, -0.2) is 19.1 Å². The topological polar surface area (TPSA) is 38.3 Å². The molecule has 1 rings (SSSR count). The normalized spacial score (nSPS) is 16.6. The van der Waals surface area contributed by atoms with Crippen molar-refractivity contribution in [2.45, 2.75) is 19.8 Å². The van der Waals surface area contributed by atoms with Crippen LogP contribution < -0.4 is 5.32 Å². The molecule has 0 atom stereocenters. The van der Waals surface area contributed by atoms with Gasteiger partial charge in [0.05, 0.1) is 18.4 Å². The summed E-state index contributed by atoms with van der Waals surface area (Å²) in [6.07, 6.45) is 3.35. The molecule has 3 nitrogen and oxygen atoms in total. The van der Waals surface area contributed by atoms with Gasteiger partial charge in [-0.15, -0.1) is 0 Å². The Kier molecular flexibility index (Phi) is 2.95. The minimum Gasteiger partial charge on any atom is -0.501 e. The van der Waals surface area contributed by atoms with Gasteiger partial charge in [-0.3, -0.25) is 4.79 Å². The molecule has 1 aliphatic heterocycles. The van der Waals surface area contributed by atoms with E-state index in [1.54, 1.807) is 6.26 Å². The Bertz CT molecular complexity index is 175. The second kappa shape index (κ2) is 4.01. The highest BCUT2D eigenvalue weighted by Crippen LogP contribution is 2.10. The molecular weight excluding hydrogens is 142 g/mol. The van der Waals surface area contributed by atoms with E-state index in [2.05, 4.69) is 5.32 Å². The number of hydrogen-bond acceptors (Lipinski definition) is 2. The third-order valence-corrected chi connectivity index (χ3v) is 1.56. The minimum atomic E-state index is 0.00667. The lowest BCUT2D eigenvalue weighted by atomic mass is 10.1. The maximum Gasteiger partial charge on any atom is 0.250 e. The summed E-state index contributed by atoms with van der Waals surface area (Å²) < 4.78 is 5.03. The van der Waals surface area contributed by atoms with Gasteiger partial charge in [-0.25, -0.2) is 0 Å². The molecule has 62 valence electrons. The first kappa shape index (κ1) is 8.11. The summed E-state index contributed by atoms with van der Waals surface area (Å²) in [5.41, 5.74) is 0.762. The average molecular weight is 155 g/mol. The maximum atomic E-state index is 11.1. The molecule has 0 fully saturated rings. The van der Waals surface area contributed by atoms with Crippen molar-refractivity contribution in [3.8, 4) is 0 Å². The van der Waals surface area contributed by atoms with Gasteiger partial charge in [0.15, 0.2) is 0 Å². The number of hydrogen-bond donors (Lipinski definition) is 1. The quantitative estimate of drug-likeness (QED) is 0.641. The summed E-state index contributed by atoms with van der Waals surface area (Å²) >= 11 is 0. The molecule has 0 unspecified atom stereocenters. The highest BCUT2D eigenvalue weighted by molar-refractivity contribution is 5.93. The first-order chi connectivity index (χ1) is 5.34. The Morgan fingerprint density at radius 3 is 3.18 bits per heavy atom. The van der Waals surface area contributed by atoms with Gasteiger partial charge in [0, 0.05) is 6.54 Å². The molecule has 0 spiro atoms. The monoisotopic (exact) mass is 155 g/mol. The van der Waals surface area contributed by atoms with Gasteiger partial charge >= 0.3 is 0 Å². The van der Waals surface area contributed by atoms with Crippen molar-refractivity contribution in [3.63, 3.8) is 0 Å². The molecule has 1 heterocycles. The minimum absolute atomic E-state index is 0.00667. The number of amides is 1. The molecule has 0 aromatic rings. The molecule has 0 aromatic carbocycles. The fourth-order valence-corrected chi connectivity index (χ4v) is 1.01. The van der Waals surface area contributed by atoms with Crippen molar-refractivity contribution in [1.29, 1.82) is 0 Å². The molecular formula is C8H13NO2. The number of carbonyl (C=O) groups excluding carboxylic acids is 1. The van der Waals surface area contributed by atoms with E-state index in [9.17, 15) is 4.79 Å². The van der Waals surface area contributed by atoms with Crippen LogP contribution in [0, 0.1) is 0 Å². The maximum absolute atomic E-state index is 11.1. The van der Waals surface area contributed by atoms with Crippen molar-refractivity contribution in [1.82, 2.24) is 5.32 Å². The fourth-order valence-electron chi connectivity index (χ4n) is 1.01. The van der Waals surface area contributed by atoms with Crippen LogP contribution in [0.3, 0.4) is 0 Å². The number of nitrogens with one attached hydrogen (secondary N) is 1. The van der Waals surface area contributed by atoms with E-state index < -0.39 is 0 Å². The van der Waals surface area contributed by atoms with Crippen LogP contribution >= 0.6 is 0 Å². The molecule has 0 radical (unpaired) electrons. The van der Waals surface area contributed by atoms with Crippen LogP contribution in [0.5, 0.6) is 0 Å². The van der Waals surface area contributed by atoms with Crippen LogP contribution in [0.2, 0.25) is 0 Å². The zero-order valence-corrected chi connectivity index (χ0v) is 6.72. The van der Waals surface area contributed by atoms with Crippen molar-refractivity contribution < 1.29 is 9.53 Å². The van der Waals surface area contributed by atoms with E-state index in [1.165, 1.54) is 0 Å². The van der Waals surface area contributed by atoms with E-state index in [-0.39, 0.29) is 5.91 Å². The summed E-state index contributed by atoms with van der Waals surface area (Å²) in [4.78, 5) is 11.1. The predicted molar refractivity (Wildman–Crippen MR) is 42.0 cm³/mol. The molecule has 0 aliphatic carbocycles. The zero-order chi connectivity index (χ0) is 8.10. The van der Waals surface area contributed by atoms with E-state index in [0.29, 0.717) is 6.54 Å². The Morgan fingerprint density at radius 2 is 2.64 bits per heavy atom. The third kappa shape index (κ3) is 2.26. The van der Waals surface area contributed by atoms with E-state index in [1.807, 2.05) is 6.92 Å². The van der Waals surface area contributed by atoms with Gasteiger partial charge in [0.25, 0.3) is 0 Å². The smallest absolute Gasteiger partial charge is 0.250 e. The SMILES string of the molecule is CCNC(=O)C1=COCCC1. The lowest BCUT2D eigenvalue weighted by molar-refractivity contribution is -0.117. The number of likely N-dealkylation sites (N-methyl/N-ethyl adjacent to an activating group) is 1. The zero-order valence-electron chi connectivity index (χ0n) is 6.72. The predicted octanol–water partition coefficient (Wildman–Crippen LogP) is 0.817. The summed E-state index contributed by atoms with van der Waals surface area (Å²) in [6, 6.07) is 0. The van der Waals surface area contributed by atoms with Gasteiger partial charge < -0.3 is 10.1 Å². The lowest BCUT2D eigenvalue weighted by Crippen LogP contribution is -2.25. The number of carbonyl (C=O) groups is 1. The molecule has 3 heteroatoms. The van der Waals surface area contributed by atoms with Gasteiger partial charge in [-0.05, 0) is 19.8 Å². The molecule has 0 saturated heterocycles. The van der Waals surface area contributed by atoms with Crippen molar-refractivity contribution in [2.24, 2.45) is 0 Å². The first-order valence-corrected chi connectivity index (χ1v) is 3.93. The number of rotatable bonds is 2. The van der Waals surface area contributed by atoms with Crippen molar-refractivity contribution >= 4 is 5.91 Å². The fraction of sp³-hybridized carbons (Fsp3) is 0.625. The summed E-state index contributed by atoms with van der Waals surface area (Å²) in [5.74, 6) is 0.00667. The molecule has 0 aromatic heterocycles. The number of ether oxygens (including phenoxy) is 1. The molecule has 1 aliphatic rings. The van der Waals surface area contributed by atoms with Crippen LogP contribution in [0.4, 0.5) is 0 Å². The van der Waals surface area contributed by atoms with Crippen molar-refractivity contribution in [3.05, 3.63) is 11.8 Å². The highest BCUT2D eigenvalue weighted by Gasteiger charge is 2.11. The highest BCUT2D eigenvalue weighted by atomic mass is 16.5. The Balaban J connectivity index is 2.44. The molecule has 1 amide bonds. The molecule has 11 heavy (non-hydrogen) atoms. The van der Waals surface area contributed by atoms with Crippen LogP contribution in [0.25, 0.3) is 0 Å². The second-order valence-corrected chi connectivity index (χ2v) is 2.48. The van der Waals surface area contributed by atoms with E-state index in [4.69, 9.17) is 4.74 Å². The average Bonchev–Trinajstić information content (AvgIpc) is 2.07. The summed E-state index contributed by atoms with van der Waals surface area (Å²) in [7, 11) is 0. The first-order valence-electron chi connectivity index (χ1n) is 3.93. The Hall–Kier alpha value is -0.990. The van der Waals surface area contributed by atoms with Crippen molar-refractivity contribution in [2.75, 3.05) is 13.2 Å². The standard InChI is InChI=1S/C8H13NO2/c1-2-9-8(10)7-4-3-5-11-6-7/h6H,2-5H2,1H3,(H,9,10). The molecule has 0 bridgehead atoms. The van der Waals surface area contributed by atoms with Crippen LogP contribution in [-0.2, 0) is 9.53 Å².